The van der Waals surface area contributed by atoms with Crippen LogP contribution in [0.1, 0.15) is 5.56 Å². The number of rotatable bonds is 3. The van der Waals surface area contributed by atoms with Gasteiger partial charge in [-0.05, 0) is 42.0 Å². The lowest BCUT2D eigenvalue weighted by atomic mass is 9.98. The lowest BCUT2D eigenvalue weighted by Crippen LogP contribution is -2.00. The second-order valence-corrected chi connectivity index (χ2v) is 6.12. The number of hydrogen-bond acceptors (Lipinski definition) is 4. The molecule has 2 N–H and O–H groups in total. The Kier molecular flexibility index (Phi) is 4.80. The van der Waals surface area contributed by atoms with Crippen LogP contribution in [0.5, 0.6) is 5.75 Å². The summed E-state index contributed by atoms with van der Waals surface area (Å²) in [6.07, 6.45) is 0. The highest BCUT2D eigenvalue weighted by atomic mass is 35.5. The van der Waals surface area contributed by atoms with Crippen molar-refractivity contribution in [2.45, 2.75) is 0 Å². The number of halogens is 2. The molecule has 0 aliphatic rings. The Balaban J connectivity index is 2.20. The molecule has 0 amide bonds. The van der Waals surface area contributed by atoms with Crippen molar-refractivity contribution in [1.29, 1.82) is 5.26 Å². The highest BCUT2D eigenvalue weighted by molar-refractivity contribution is 6.36. The number of aromatic nitrogens is 1. The van der Waals surface area contributed by atoms with Crippen LogP contribution in [0, 0.1) is 11.3 Å². The number of anilines is 1. The molecule has 25 heavy (non-hydrogen) atoms. The lowest BCUT2D eigenvalue weighted by Gasteiger charge is -2.12. The number of nitrogen functional groups attached to an aromatic ring is 1. The quantitative estimate of drug-likeness (QED) is 0.689. The van der Waals surface area contributed by atoms with E-state index in [0.717, 1.165) is 11.3 Å². The van der Waals surface area contributed by atoms with Gasteiger partial charge in [0.05, 0.1) is 17.8 Å². The van der Waals surface area contributed by atoms with Crippen molar-refractivity contribution in [3.05, 3.63) is 64.1 Å². The molecule has 6 heteroatoms. The van der Waals surface area contributed by atoms with Gasteiger partial charge in [-0.3, -0.25) is 0 Å². The van der Waals surface area contributed by atoms with Crippen molar-refractivity contribution in [3.8, 4) is 34.2 Å². The topological polar surface area (TPSA) is 71.9 Å². The molecule has 0 radical (unpaired) electrons. The Labute approximate surface area is 155 Å². The summed E-state index contributed by atoms with van der Waals surface area (Å²) in [5.41, 5.74) is 9.11. The highest BCUT2D eigenvalue weighted by Gasteiger charge is 2.15. The van der Waals surface area contributed by atoms with E-state index in [1.165, 1.54) is 0 Å². The average Bonchev–Trinajstić information content (AvgIpc) is 2.61. The number of nitrogens with zero attached hydrogens (tertiary/aromatic N) is 2. The number of hydrogen-bond donors (Lipinski definition) is 1. The molecule has 0 spiro atoms. The third-order valence-corrected chi connectivity index (χ3v) is 4.32. The van der Waals surface area contributed by atoms with Crippen LogP contribution in [-0.4, -0.2) is 12.1 Å². The van der Waals surface area contributed by atoms with Crippen LogP contribution in [0.3, 0.4) is 0 Å². The van der Waals surface area contributed by atoms with Gasteiger partial charge in [0.2, 0.25) is 0 Å². The number of nitrogens with two attached hydrogens (primary N) is 1. The molecule has 1 heterocycles. The minimum atomic E-state index is 0.150. The Morgan fingerprint density at radius 3 is 2.36 bits per heavy atom. The van der Waals surface area contributed by atoms with E-state index >= 15 is 0 Å². The maximum absolute atomic E-state index is 9.48. The first-order valence-electron chi connectivity index (χ1n) is 7.34. The molecular formula is C19H13Cl2N3O. The van der Waals surface area contributed by atoms with Gasteiger partial charge in [0.15, 0.2) is 0 Å². The number of benzene rings is 2. The Morgan fingerprint density at radius 1 is 1.04 bits per heavy atom. The molecule has 0 unspecified atom stereocenters. The first-order chi connectivity index (χ1) is 12.0. The molecule has 1 aromatic heterocycles. The van der Waals surface area contributed by atoms with E-state index in [-0.39, 0.29) is 5.82 Å². The van der Waals surface area contributed by atoms with Crippen LogP contribution >= 0.6 is 23.2 Å². The third-order valence-electron chi connectivity index (χ3n) is 3.77. The summed E-state index contributed by atoms with van der Waals surface area (Å²) in [5.74, 6) is 0.877. The number of pyridine rings is 1. The van der Waals surface area contributed by atoms with Gasteiger partial charge in [-0.1, -0.05) is 35.3 Å². The second kappa shape index (κ2) is 7.02. The van der Waals surface area contributed by atoms with Gasteiger partial charge in [0, 0.05) is 16.1 Å². The zero-order valence-electron chi connectivity index (χ0n) is 13.3. The summed E-state index contributed by atoms with van der Waals surface area (Å²) < 4.78 is 5.17. The summed E-state index contributed by atoms with van der Waals surface area (Å²) in [5, 5.41) is 10.5. The minimum absolute atomic E-state index is 0.150. The molecule has 0 saturated heterocycles. The van der Waals surface area contributed by atoms with Crippen molar-refractivity contribution >= 4 is 29.0 Å². The van der Waals surface area contributed by atoms with Crippen LogP contribution in [-0.2, 0) is 0 Å². The van der Waals surface area contributed by atoms with Gasteiger partial charge in [0.1, 0.15) is 23.2 Å². The predicted molar refractivity (Wildman–Crippen MR) is 101 cm³/mol. The molecule has 0 saturated carbocycles. The number of nitriles is 1. The van der Waals surface area contributed by atoms with Gasteiger partial charge in [-0.2, -0.15) is 5.26 Å². The standard InChI is InChI=1S/C19H13Cl2N3O/c1-25-13-5-2-11(3-6-13)15-9-18(24-19(23)16(15)10-22)14-7-4-12(20)8-17(14)21/h2-9H,1H3,(H2,23,24). The fourth-order valence-electron chi connectivity index (χ4n) is 2.52. The molecule has 124 valence electrons. The van der Waals surface area contributed by atoms with E-state index in [4.69, 9.17) is 33.7 Å². The Morgan fingerprint density at radius 2 is 1.76 bits per heavy atom. The molecule has 4 nitrogen and oxygen atoms in total. The summed E-state index contributed by atoms with van der Waals surface area (Å²) in [7, 11) is 1.60. The van der Waals surface area contributed by atoms with E-state index in [1.807, 2.05) is 24.3 Å². The van der Waals surface area contributed by atoms with Gasteiger partial charge >= 0.3 is 0 Å². The van der Waals surface area contributed by atoms with Crippen LogP contribution in [0.4, 0.5) is 5.82 Å². The van der Waals surface area contributed by atoms with Gasteiger partial charge in [-0.15, -0.1) is 0 Å². The van der Waals surface area contributed by atoms with Gasteiger partial charge < -0.3 is 10.5 Å². The molecule has 3 aromatic rings. The maximum atomic E-state index is 9.48. The Hall–Kier alpha value is -2.74. The molecule has 0 aliphatic carbocycles. The number of ether oxygens (including phenoxy) is 1. The largest absolute Gasteiger partial charge is 0.497 e. The predicted octanol–water partition coefficient (Wildman–Crippen LogP) is 5.18. The maximum Gasteiger partial charge on any atom is 0.142 e. The SMILES string of the molecule is COc1ccc(-c2cc(-c3ccc(Cl)cc3Cl)nc(N)c2C#N)cc1. The van der Waals surface area contributed by atoms with Crippen molar-refractivity contribution in [1.82, 2.24) is 4.98 Å². The Bertz CT molecular complexity index is 979. The van der Waals surface area contributed by atoms with E-state index < -0.39 is 0 Å². The normalized spacial score (nSPS) is 10.3. The summed E-state index contributed by atoms with van der Waals surface area (Å²) in [6.45, 7) is 0. The van der Waals surface area contributed by atoms with Crippen molar-refractivity contribution in [2.24, 2.45) is 0 Å². The average molecular weight is 370 g/mol. The summed E-state index contributed by atoms with van der Waals surface area (Å²) in [6, 6.07) is 16.4. The van der Waals surface area contributed by atoms with E-state index in [0.29, 0.717) is 32.4 Å². The van der Waals surface area contributed by atoms with Gasteiger partial charge in [0.25, 0.3) is 0 Å². The molecular weight excluding hydrogens is 357 g/mol. The van der Waals surface area contributed by atoms with Crippen LogP contribution in [0.25, 0.3) is 22.4 Å². The van der Waals surface area contributed by atoms with Gasteiger partial charge in [-0.25, -0.2) is 4.98 Å². The van der Waals surface area contributed by atoms with Crippen LogP contribution in [0.15, 0.2) is 48.5 Å². The zero-order chi connectivity index (χ0) is 18.0. The third kappa shape index (κ3) is 3.39. The first-order valence-corrected chi connectivity index (χ1v) is 8.09. The summed E-state index contributed by atoms with van der Waals surface area (Å²) >= 11 is 12.2. The zero-order valence-corrected chi connectivity index (χ0v) is 14.8. The molecule has 2 aromatic carbocycles. The van der Waals surface area contributed by atoms with Crippen molar-refractivity contribution in [3.63, 3.8) is 0 Å². The fourth-order valence-corrected chi connectivity index (χ4v) is 3.02. The lowest BCUT2D eigenvalue weighted by molar-refractivity contribution is 0.415. The first kappa shape index (κ1) is 17.1. The van der Waals surface area contributed by atoms with E-state index in [9.17, 15) is 5.26 Å². The molecule has 0 bridgehead atoms. The molecule has 0 fully saturated rings. The van der Waals surface area contributed by atoms with Crippen molar-refractivity contribution in [2.75, 3.05) is 12.8 Å². The highest BCUT2D eigenvalue weighted by Crippen LogP contribution is 2.35. The van der Waals surface area contributed by atoms with E-state index in [2.05, 4.69) is 11.1 Å². The smallest absolute Gasteiger partial charge is 0.142 e. The van der Waals surface area contributed by atoms with Crippen molar-refractivity contribution < 1.29 is 4.74 Å². The van der Waals surface area contributed by atoms with Crippen LogP contribution < -0.4 is 10.5 Å². The fraction of sp³-hybridized carbons (Fsp3) is 0.0526. The second-order valence-electron chi connectivity index (χ2n) is 5.28. The molecule has 0 atom stereocenters. The molecule has 3 rings (SSSR count). The molecule has 0 aliphatic heterocycles. The minimum Gasteiger partial charge on any atom is -0.497 e. The van der Waals surface area contributed by atoms with E-state index in [1.54, 1.807) is 31.4 Å². The summed E-state index contributed by atoms with van der Waals surface area (Å²) in [4.78, 5) is 4.33. The van der Waals surface area contributed by atoms with Crippen LogP contribution in [0.2, 0.25) is 10.0 Å². The number of methoxy groups -OCH3 is 1. The monoisotopic (exact) mass is 369 g/mol.